The summed E-state index contributed by atoms with van der Waals surface area (Å²) in [7, 11) is 1.45. The Labute approximate surface area is 99.5 Å². The number of rotatable bonds is 7. The zero-order chi connectivity index (χ0) is 12.5. The van der Waals surface area contributed by atoms with Crippen molar-refractivity contribution in [1.29, 1.82) is 0 Å². The predicted octanol–water partition coefficient (Wildman–Crippen LogP) is 0.622. The number of nitrogens with one attached hydrogen (secondary N) is 1. The van der Waals surface area contributed by atoms with Gasteiger partial charge in [-0.2, -0.15) is 0 Å². The molecule has 0 radical (unpaired) electrons. The molecule has 1 aromatic heterocycles. The fraction of sp³-hybridized carbons (Fsp3) is 0.333. The van der Waals surface area contributed by atoms with E-state index in [4.69, 9.17) is 4.74 Å². The second kappa shape index (κ2) is 7.19. The number of allylic oxidation sites excluding steroid dienone is 1. The summed E-state index contributed by atoms with van der Waals surface area (Å²) in [6.07, 6.45) is 3.49. The molecule has 0 bridgehead atoms. The number of hydrogen-bond acceptors (Lipinski definition) is 4. The van der Waals surface area contributed by atoms with E-state index in [2.05, 4.69) is 10.3 Å². The number of carbonyl (C=O) groups is 1. The first kappa shape index (κ1) is 12.9. The van der Waals surface area contributed by atoms with Crippen LogP contribution in [0.3, 0.4) is 0 Å². The van der Waals surface area contributed by atoms with E-state index in [-0.39, 0.29) is 0 Å². The lowest BCUT2D eigenvalue weighted by Gasteiger charge is -2.04. The number of methoxy groups -OCH3 is 1. The van der Waals surface area contributed by atoms with Crippen LogP contribution in [-0.2, 0) is 27.3 Å². The summed E-state index contributed by atoms with van der Waals surface area (Å²) < 4.78 is 4.84. The molecule has 1 amide bonds. The Morgan fingerprint density at radius 2 is 2.47 bits per heavy atom. The molecule has 1 aromatic rings. The molecule has 0 atom stereocenters. The standard InChI is InChI=1S/C12H14N2O3/c1-17-12(8-15)3-2-10-4-5-14-11(6-10)7-13-9-16/h4-6,9H,2-3,7H2,1H3,(H,13,16). The third-order valence-electron chi connectivity index (χ3n) is 2.25. The van der Waals surface area contributed by atoms with Crippen molar-refractivity contribution in [2.45, 2.75) is 19.4 Å². The minimum absolute atomic E-state index is 0.300. The van der Waals surface area contributed by atoms with Gasteiger partial charge in [0.15, 0.2) is 11.7 Å². The highest BCUT2D eigenvalue weighted by molar-refractivity contribution is 5.49. The Hall–Kier alpha value is -2.13. The van der Waals surface area contributed by atoms with Crippen molar-refractivity contribution in [3.8, 4) is 0 Å². The third kappa shape index (κ3) is 4.49. The summed E-state index contributed by atoms with van der Waals surface area (Å²) in [6.45, 7) is 0.401. The normalized spacial score (nSPS) is 9.24. The van der Waals surface area contributed by atoms with Crippen LogP contribution in [0.15, 0.2) is 24.1 Å². The van der Waals surface area contributed by atoms with Crippen molar-refractivity contribution >= 4 is 12.4 Å². The molecule has 90 valence electrons. The number of hydrogen-bond donors (Lipinski definition) is 1. The van der Waals surface area contributed by atoms with E-state index in [1.165, 1.54) is 7.11 Å². The Balaban J connectivity index is 2.59. The van der Waals surface area contributed by atoms with E-state index in [1.807, 2.05) is 12.1 Å². The molecule has 0 spiro atoms. The fourth-order valence-electron chi connectivity index (χ4n) is 1.38. The van der Waals surface area contributed by atoms with Crippen LogP contribution in [0.4, 0.5) is 0 Å². The van der Waals surface area contributed by atoms with E-state index in [0.717, 1.165) is 11.3 Å². The van der Waals surface area contributed by atoms with E-state index in [0.29, 0.717) is 31.6 Å². The average Bonchev–Trinajstić information content (AvgIpc) is 2.38. The monoisotopic (exact) mass is 234 g/mol. The summed E-state index contributed by atoms with van der Waals surface area (Å²) in [4.78, 5) is 24.7. The molecular weight excluding hydrogens is 220 g/mol. The number of carbonyl (C=O) groups excluding carboxylic acids is 2. The van der Waals surface area contributed by atoms with Crippen LogP contribution in [0.1, 0.15) is 17.7 Å². The van der Waals surface area contributed by atoms with E-state index in [9.17, 15) is 9.59 Å². The maximum atomic E-state index is 10.4. The van der Waals surface area contributed by atoms with Crippen LogP contribution in [0.25, 0.3) is 0 Å². The summed E-state index contributed by atoms with van der Waals surface area (Å²) >= 11 is 0. The van der Waals surface area contributed by atoms with Gasteiger partial charge in [-0.25, -0.2) is 4.79 Å². The molecule has 1 N–H and O–H groups in total. The van der Waals surface area contributed by atoms with Gasteiger partial charge in [0, 0.05) is 12.6 Å². The fourth-order valence-corrected chi connectivity index (χ4v) is 1.38. The van der Waals surface area contributed by atoms with E-state index < -0.39 is 0 Å². The number of pyridine rings is 1. The lowest BCUT2D eigenvalue weighted by Crippen LogP contribution is -2.11. The molecule has 17 heavy (non-hydrogen) atoms. The van der Waals surface area contributed by atoms with E-state index in [1.54, 1.807) is 12.1 Å². The van der Waals surface area contributed by atoms with Crippen molar-refractivity contribution in [3.05, 3.63) is 35.3 Å². The number of aryl methyl sites for hydroxylation is 1. The molecule has 0 saturated heterocycles. The second-order valence-corrected chi connectivity index (χ2v) is 3.38. The van der Waals surface area contributed by atoms with Gasteiger partial charge >= 0.3 is 0 Å². The SMILES string of the molecule is COC(=C=O)CCc1ccnc(CNC=O)c1. The van der Waals surface area contributed by atoms with Crippen LogP contribution in [0.5, 0.6) is 0 Å². The summed E-state index contributed by atoms with van der Waals surface area (Å²) in [5.74, 6) is 2.04. The lowest BCUT2D eigenvalue weighted by molar-refractivity contribution is -0.109. The molecule has 0 aliphatic rings. The Kier molecular flexibility index (Phi) is 5.47. The van der Waals surface area contributed by atoms with Gasteiger partial charge in [-0.1, -0.05) is 0 Å². The van der Waals surface area contributed by atoms with Gasteiger partial charge in [-0.3, -0.25) is 9.78 Å². The molecule has 1 rings (SSSR count). The summed E-state index contributed by atoms with van der Waals surface area (Å²) in [5.41, 5.74) is 1.82. The van der Waals surface area contributed by atoms with Crippen LogP contribution in [0.2, 0.25) is 0 Å². The number of nitrogens with zero attached hydrogens (tertiary/aromatic N) is 1. The average molecular weight is 234 g/mol. The van der Waals surface area contributed by atoms with Crippen LogP contribution < -0.4 is 5.32 Å². The van der Waals surface area contributed by atoms with Crippen molar-refractivity contribution in [2.75, 3.05) is 7.11 Å². The second-order valence-electron chi connectivity index (χ2n) is 3.38. The highest BCUT2D eigenvalue weighted by Gasteiger charge is 2.01. The first-order valence-electron chi connectivity index (χ1n) is 5.19. The third-order valence-corrected chi connectivity index (χ3v) is 2.25. The minimum Gasteiger partial charge on any atom is -0.490 e. The van der Waals surface area contributed by atoms with Crippen molar-refractivity contribution in [2.24, 2.45) is 0 Å². The lowest BCUT2D eigenvalue weighted by atomic mass is 10.1. The molecule has 5 heteroatoms. The maximum absolute atomic E-state index is 10.4. The van der Waals surface area contributed by atoms with Crippen LogP contribution >= 0.6 is 0 Å². The number of aromatic nitrogens is 1. The van der Waals surface area contributed by atoms with Crippen LogP contribution in [0, 0.1) is 0 Å². The van der Waals surface area contributed by atoms with Gasteiger partial charge in [-0.15, -0.1) is 0 Å². The van der Waals surface area contributed by atoms with Gasteiger partial charge in [0.25, 0.3) is 0 Å². The summed E-state index contributed by atoms with van der Waals surface area (Å²) in [5, 5.41) is 2.54. The molecule has 0 saturated carbocycles. The molecular formula is C12H14N2O3. The maximum Gasteiger partial charge on any atom is 0.207 e. The zero-order valence-electron chi connectivity index (χ0n) is 9.60. The number of ether oxygens (including phenoxy) is 1. The smallest absolute Gasteiger partial charge is 0.207 e. The quantitative estimate of drug-likeness (QED) is 0.426. The molecule has 0 aliphatic carbocycles. The first-order valence-corrected chi connectivity index (χ1v) is 5.19. The van der Waals surface area contributed by atoms with Crippen molar-refractivity contribution < 1.29 is 14.3 Å². The molecule has 0 fully saturated rings. The molecule has 5 nitrogen and oxygen atoms in total. The Morgan fingerprint density at radius 3 is 3.12 bits per heavy atom. The Morgan fingerprint density at radius 1 is 1.65 bits per heavy atom. The van der Waals surface area contributed by atoms with Gasteiger partial charge in [0.2, 0.25) is 6.41 Å². The molecule has 0 unspecified atom stereocenters. The van der Waals surface area contributed by atoms with Gasteiger partial charge in [0.05, 0.1) is 19.3 Å². The first-order chi connectivity index (χ1) is 8.30. The van der Waals surface area contributed by atoms with Gasteiger partial charge in [-0.05, 0) is 24.1 Å². The molecule has 0 aromatic carbocycles. The highest BCUT2D eigenvalue weighted by Crippen LogP contribution is 2.08. The molecule has 1 heterocycles. The highest BCUT2D eigenvalue weighted by atomic mass is 16.5. The van der Waals surface area contributed by atoms with Crippen LogP contribution in [-0.4, -0.2) is 24.4 Å². The predicted molar refractivity (Wildman–Crippen MR) is 61.7 cm³/mol. The minimum atomic E-state index is 0.300. The zero-order valence-corrected chi connectivity index (χ0v) is 9.60. The van der Waals surface area contributed by atoms with Crippen molar-refractivity contribution in [1.82, 2.24) is 10.3 Å². The summed E-state index contributed by atoms with van der Waals surface area (Å²) in [6, 6.07) is 3.75. The van der Waals surface area contributed by atoms with Crippen molar-refractivity contribution in [3.63, 3.8) is 0 Å². The topological polar surface area (TPSA) is 68.3 Å². The van der Waals surface area contributed by atoms with E-state index >= 15 is 0 Å². The number of amides is 1. The van der Waals surface area contributed by atoms with Gasteiger partial charge in [0.1, 0.15) is 0 Å². The molecule has 0 aliphatic heterocycles. The van der Waals surface area contributed by atoms with Gasteiger partial charge < -0.3 is 10.1 Å². The largest absolute Gasteiger partial charge is 0.490 e. The Bertz CT molecular complexity index is 426.